The van der Waals surface area contributed by atoms with Crippen LogP contribution >= 0.6 is 27.5 Å². The lowest BCUT2D eigenvalue weighted by molar-refractivity contribution is 0.188. The van der Waals surface area contributed by atoms with Crippen LogP contribution in [0.5, 0.6) is 0 Å². The second-order valence-electron chi connectivity index (χ2n) is 4.31. The number of benzene rings is 1. The highest BCUT2D eigenvalue weighted by molar-refractivity contribution is 9.10. The summed E-state index contributed by atoms with van der Waals surface area (Å²) < 4.78 is 6.23. The van der Waals surface area contributed by atoms with Gasteiger partial charge in [-0.2, -0.15) is 0 Å². The molecule has 1 atom stereocenters. The molecule has 0 radical (unpaired) electrons. The molecule has 2 nitrogen and oxygen atoms in total. The van der Waals surface area contributed by atoms with Crippen LogP contribution in [-0.4, -0.2) is 20.3 Å². The largest absolute Gasteiger partial charge is 0.385 e. The zero-order chi connectivity index (χ0) is 13.4. The van der Waals surface area contributed by atoms with Gasteiger partial charge in [0.1, 0.15) is 0 Å². The Kier molecular flexibility index (Phi) is 7.91. The molecule has 1 unspecified atom stereocenters. The first kappa shape index (κ1) is 16.0. The summed E-state index contributed by atoms with van der Waals surface area (Å²) in [5, 5.41) is 4.35. The minimum Gasteiger partial charge on any atom is -0.385 e. The van der Waals surface area contributed by atoms with Gasteiger partial charge in [-0.3, -0.25) is 0 Å². The molecule has 0 fully saturated rings. The van der Waals surface area contributed by atoms with Crippen LogP contribution < -0.4 is 5.32 Å². The lowest BCUT2D eigenvalue weighted by Crippen LogP contribution is -2.23. The molecule has 18 heavy (non-hydrogen) atoms. The van der Waals surface area contributed by atoms with E-state index in [4.69, 9.17) is 16.3 Å². The predicted molar refractivity (Wildman–Crippen MR) is 81.3 cm³/mol. The van der Waals surface area contributed by atoms with Gasteiger partial charge in [-0.1, -0.05) is 34.5 Å². The summed E-state index contributed by atoms with van der Waals surface area (Å²) in [4.78, 5) is 0. The molecule has 0 saturated carbocycles. The van der Waals surface area contributed by atoms with Crippen molar-refractivity contribution in [2.75, 3.05) is 20.3 Å². The SMILES string of the molecule is CCCNC(CCCOC)c1cc(Cl)ccc1Br. The van der Waals surface area contributed by atoms with Crippen LogP contribution in [0.25, 0.3) is 0 Å². The number of ether oxygens (including phenoxy) is 1. The van der Waals surface area contributed by atoms with E-state index >= 15 is 0 Å². The molecule has 0 amide bonds. The molecule has 1 aromatic carbocycles. The number of hydrogen-bond donors (Lipinski definition) is 1. The molecule has 0 spiro atoms. The molecule has 102 valence electrons. The Hall–Kier alpha value is -0.0900. The lowest BCUT2D eigenvalue weighted by Gasteiger charge is -2.20. The molecule has 1 aromatic rings. The molecular weight excluding hydrogens is 314 g/mol. The third kappa shape index (κ3) is 5.27. The van der Waals surface area contributed by atoms with E-state index in [9.17, 15) is 0 Å². The Morgan fingerprint density at radius 2 is 2.22 bits per heavy atom. The van der Waals surface area contributed by atoms with Crippen LogP contribution in [0.3, 0.4) is 0 Å². The van der Waals surface area contributed by atoms with Crippen molar-refractivity contribution >= 4 is 27.5 Å². The number of halogens is 2. The fourth-order valence-corrected chi connectivity index (χ4v) is 2.60. The summed E-state index contributed by atoms with van der Waals surface area (Å²) in [7, 11) is 1.74. The summed E-state index contributed by atoms with van der Waals surface area (Å²) >= 11 is 9.69. The smallest absolute Gasteiger partial charge is 0.0462 e. The minimum atomic E-state index is 0.327. The van der Waals surface area contributed by atoms with Crippen molar-refractivity contribution in [1.82, 2.24) is 5.32 Å². The van der Waals surface area contributed by atoms with E-state index in [1.807, 2.05) is 18.2 Å². The molecule has 0 aliphatic heterocycles. The van der Waals surface area contributed by atoms with Gasteiger partial charge in [-0.05, 0) is 49.6 Å². The highest BCUT2D eigenvalue weighted by Gasteiger charge is 2.14. The van der Waals surface area contributed by atoms with Crippen LogP contribution in [0.15, 0.2) is 22.7 Å². The van der Waals surface area contributed by atoms with Crippen molar-refractivity contribution in [3.8, 4) is 0 Å². The van der Waals surface area contributed by atoms with Gasteiger partial charge >= 0.3 is 0 Å². The van der Waals surface area contributed by atoms with Crippen LogP contribution in [0.1, 0.15) is 37.8 Å². The fraction of sp³-hybridized carbons (Fsp3) is 0.571. The minimum absolute atomic E-state index is 0.327. The van der Waals surface area contributed by atoms with Crippen LogP contribution in [-0.2, 0) is 4.74 Å². The van der Waals surface area contributed by atoms with E-state index < -0.39 is 0 Å². The normalized spacial score (nSPS) is 12.7. The second-order valence-corrected chi connectivity index (χ2v) is 5.60. The number of hydrogen-bond acceptors (Lipinski definition) is 2. The monoisotopic (exact) mass is 333 g/mol. The van der Waals surface area contributed by atoms with E-state index in [2.05, 4.69) is 28.2 Å². The summed E-state index contributed by atoms with van der Waals surface area (Å²) in [5.74, 6) is 0. The average Bonchev–Trinajstić information content (AvgIpc) is 2.37. The quantitative estimate of drug-likeness (QED) is 0.703. The third-order valence-electron chi connectivity index (χ3n) is 2.82. The molecule has 0 aliphatic rings. The van der Waals surface area contributed by atoms with Gasteiger partial charge in [0, 0.05) is 29.3 Å². The van der Waals surface area contributed by atoms with Gasteiger partial charge in [0.2, 0.25) is 0 Å². The van der Waals surface area contributed by atoms with Gasteiger partial charge in [0.15, 0.2) is 0 Å². The average molecular weight is 335 g/mol. The van der Waals surface area contributed by atoms with Crippen molar-refractivity contribution in [1.29, 1.82) is 0 Å². The highest BCUT2D eigenvalue weighted by atomic mass is 79.9. The molecule has 4 heteroatoms. The zero-order valence-electron chi connectivity index (χ0n) is 11.0. The summed E-state index contributed by atoms with van der Waals surface area (Å²) in [6, 6.07) is 6.27. The topological polar surface area (TPSA) is 21.3 Å². The van der Waals surface area contributed by atoms with Gasteiger partial charge < -0.3 is 10.1 Å². The standard InChI is InChI=1S/C14H21BrClNO/c1-3-8-17-14(5-4-9-18-2)12-10-11(16)6-7-13(12)15/h6-7,10,14,17H,3-5,8-9H2,1-2H3. The van der Waals surface area contributed by atoms with E-state index in [0.717, 1.165) is 41.9 Å². The van der Waals surface area contributed by atoms with E-state index in [1.165, 1.54) is 5.56 Å². The summed E-state index contributed by atoms with van der Waals surface area (Å²) in [6.45, 7) is 3.98. The maximum absolute atomic E-state index is 6.08. The number of methoxy groups -OCH3 is 1. The van der Waals surface area contributed by atoms with Crippen LogP contribution in [0.2, 0.25) is 5.02 Å². The Morgan fingerprint density at radius 1 is 1.44 bits per heavy atom. The van der Waals surface area contributed by atoms with Crippen molar-refractivity contribution in [2.24, 2.45) is 0 Å². The number of rotatable bonds is 8. The molecule has 0 heterocycles. The fourth-order valence-electron chi connectivity index (χ4n) is 1.90. The molecule has 1 N–H and O–H groups in total. The molecule has 1 rings (SSSR count). The van der Waals surface area contributed by atoms with Gasteiger partial charge in [-0.15, -0.1) is 0 Å². The lowest BCUT2D eigenvalue weighted by atomic mass is 10.0. The molecule has 0 saturated heterocycles. The highest BCUT2D eigenvalue weighted by Crippen LogP contribution is 2.29. The van der Waals surface area contributed by atoms with Gasteiger partial charge in [-0.25, -0.2) is 0 Å². The second kappa shape index (κ2) is 8.92. The Morgan fingerprint density at radius 3 is 2.89 bits per heavy atom. The van der Waals surface area contributed by atoms with Crippen LogP contribution in [0, 0.1) is 0 Å². The molecule has 0 bridgehead atoms. The zero-order valence-corrected chi connectivity index (χ0v) is 13.4. The molecule has 0 aromatic heterocycles. The summed E-state index contributed by atoms with van der Waals surface area (Å²) in [6.07, 6.45) is 3.21. The first-order valence-electron chi connectivity index (χ1n) is 6.36. The van der Waals surface area contributed by atoms with E-state index in [-0.39, 0.29) is 0 Å². The van der Waals surface area contributed by atoms with Crippen molar-refractivity contribution in [3.05, 3.63) is 33.3 Å². The Labute approximate surface area is 123 Å². The van der Waals surface area contributed by atoms with E-state index in [0.29, 0.717) is 6.04 Å². The van der Waals surface area contributed by atoms with Gasteiger partial charge in [0.25, 0.3) is 0 Å². The predicted octanol–water partition coefficient (Wildman–Crippen LogP) is 4.57. The first-order chi connectivity index (χ1) is 8.69. The third-order valence-corrected chi connectivity index (χ3v) is 3.77. The van der Waals surface area contributed by atoms with Gasteiger partial charge in [0.05, 0.1) is 0 Å². The van der Waals surface area contributed by atoms with Crippen LogP contribution in [0.4, 0.5) is 0 Å². The van der Waals surface area contributed by atoms with Crippen molar-refractivity contribution < 1.29 is 4.74 Å². The van der Waals surface area contributed by atoms with Crippen molar-refractivity contribution in [3.63, 3.8) is 0 Å². The Balaban J connectivity index is 2.75. The maximum atomic E-state index is 6.08. The maximum Gasteiger partial charge on any atom is 0.0462 e. The van der Waals surface area contributed by atoms with E-state index in [1.54, 1.807) is 7.11 Å². The molecule has 0 aliphatic carbocycles. The first-order valence-corrected chi connectivity index (χ1v) is 7.53. The Bertz CT molecular complexity index is 360. The molecular formula is C14H21BrClNO. The van der Waals surface area contributed by atoms with Crippen molar-refractivity contribution in [2.45, 2.75) is 32.2 Å². The number of nitrogens with one attached hydrogen (secondary N) is 1. The summed E-state index contributed by atoms with van der Waals surface area (Å²) in [5.41, 5.74) is 1.23.